The molecular formula is C20H21N3O3S. The molecule has 3 rings (SSSR count). The van der Waals surface area contributed by atoms with Crippen LogP contribution in [-0.2, 0) is 9.59 Å². The van der Waals surface area contributed by atoms with E-state index in [0.29, 0.717) is 23.1 Å². The highest BCUT2D eigenvalue weighted by atomic mass is 32.2. The lowest BCUT2D eigenvalue weighted by molar-refractivity contribution is -0.129. The summed E-state index contributed by atoms with van der Waals surface area (Å²) in [4.78, 5) is 31.3. The van der Waals surface area contributed by atoms with Gasteiger partial charge in [-0.3, -0.25) is 14.5 Å². The summed E-state index contributed by atoms with van der Waals surface area (Å²) in [6, 6.07) is 16.5. The van der Waals surface area contributed by atoms with Gasteiger partial charge in [-0.2, -0.15) is 0 Å². The zero-order valence-electron chi connectivity index (χ0n) is 15.2. The number of carbonyl (C=O) groups excluding carboxylic acids is 2. The van der Waals surface area contributed by atoms with Gasteiger partial charge in [-0.05, 0) is 43.3 Å². The fourth-order valence-corrected chi connectivity index (χ4v) is 3.83. The number of methoxy groups -OCH3 is 1. The number of rotatable bonds is 5. The minimum atomic E-state index is -0.516. The van der Waals surface area contributed by atoms with Crippen LogP contribution in [0.2, 0.25) is 0 Å². The number of hydrogen-bond acceptors (Lipinski definition) is 5. The predicted octanol–water partition coefficient (Wildman–Crippen LogP) is 3.68. The number of nitrogens with one attached hydrogen (secondary N) is 1. The van der Waals surface area contributed by atoms with Crippen molar-refractivity contribution in [1.29, 1.82) is 0 Å². The van der Waals surface area contributed by atoms with E-state index in [0.717, 1.165) is 5.75 Å². The van der Waals surface area contributed by atoms with Gasteiger partial charge in [-0.25, -0.2) is 4.99 Å². The van der Waals surface area contributed by atoms with Crippen molar-refractivity contribution in [3.63, 3.8) is 0 Å². The van der Waals surface area contributed by atoms with Crippen molar-refractivity contribution in [2.45, 2.75) is 18.6 Å². The van der Waals surface area contributed by atoms with Crippen molar-refractivity contribution in [1.82, 2.24) is 4.90 Å². The summed E-state index contributed by atoms with van der Waals surface area (Å²) >= 11 is 1.31. The number of aliphatic imine (C=N–C) groups is 1. The number of anilines is 1. The number of nitrogens with zero attached hydrogens (tertiary/aromatic N) is 2. The van der Waals surface area contributed by atoms with Gasteiger partial charge in [0, 0.05) is 18.7 Å². The van der Waals surface area contributed by atoms with Crippen LogP contribution in [0.15, 0.2) is 59.6 Å². The molecular weight excluding hydrogens is 362 g/mol. The number of carbonyl (C=O) groups is 2. The van der Waals surface area contributed by atoms with Crippen LogP contribution in [0, 0.1) is 0 Å². The number of benzene rings is 2. The van der Waals surface area contributed by atoms with E-state index in [9.17, 15) is 9.59 Å². The summed E-state index contributed by atoms with van der Waals surface area (Å²) in [6.07, 6.45) is 0.152. The van der Waals surface area contributed by atoms with E-state index >= 15 is 0 Å². The van der Waals surface area contributed by atoms with Crippen LogP contribution in [0.5, 0.6) is 5.75 Å². The molecule has 1 heterocycles. The fraction of sp³-hybridized carbons (Fsp3) is 0.250. The van der Waals surface area contributed by atoms with E-state index < -0.39 is 5.25 Å². The van der Waals surface area contributed by atoms with Gasteiger partial charge in [0.1, 0.15) is 11.0 Å². The number of ether oxygens (including phenoxy) is 1. The first kappa shape index (κ1) is 19.0. The van der Waals surface area contributed by atoms with Crippen LogP contribution < -0.4 is 10.1 Å². The maximum Gasteiger partial charge on any atom is 0.238 e. The third kappa shape index (κ3) is 4.68. The van der Waals surface area contributed by atoms with E-state index in [1.54, 1.807) is 12.0 Å². The van der Waals surface area contributed by atoms with Crippen LogP contribution in [-0.4, -0.2) is 40.8 Å². The van der Waals surface area contributed by atoms with Gasteiger partial charge >= 0.3 is 0 Å². The first-order valence-electron chi connectivity index (χ1n) is 8.66. The number of amidine groups is 1. The lowest BCUT2D eigenvalue weighted by atomic mass is 10.2. The van der Waals surface area contributed by atoms with Crippen molar-refractivity contribution in [3.8, 4) is 5.75 Å². The van der Waals surface area contributed by atoms with Gasteiger partial charge in [-0.15, -0.1) is 0 Å². The quantitative estimate of drug-likeness (QED) is 0.855. The Labute approximate surface area is 162 Å². The molecule has 27 heavy (non-hydrogen) atoms. The van der Waals surface area contributed by atoms with Gasteiger partial charge in [-0.1, -0.05) is 30.0 Å². The number of para-hydroxylation sites is 1. The Morgan fingerprint density at radius 1 is 1.22 bits per heavy atom. The minimum absolute atomic E-state index is 0.100. The average molecular weight is 383 g/mol. The van der Waals surface area contributed by atoms with Crippen molar-refractivity contribution in [2.24, 2.45) is 4.99 Å². The third-order valence-electron chi connectivity index (χ3n) is 4.09. The Kier molecular flexibility index (Phi) is 6.13. The number of amides is 2. The second kappa shape index (κ2) is 8.73. The molecule has 1 N–H and O–H groups in total. The molecule has 0 saturated carbocycles. The predicted molar refractivity (Wildman–Crippen MR) is 109 cm³/mol. The minimum Gasteiger partial charge on any atom is -0.497 e. The van der Waals surface area contributed by atoms with E-state index in [2.05, 4.69) is 10.3 Å². The van der Waals surface area contributed by atoms with Crippen LogP contribution >= 0.6 is 11.8 Å². The summed E-state index contributed by atoms with van der Waals surface area (Å²) in [5.74, 6) is 0.438. The van der Waals surface area contributed by atoms with Gasteiger partial charge in [0.25, 0.3) is 0 Å². The maximum absolute atomic E-state index is 12.6. The molecule has 0 bridgehead atoms. The van der Waals surface area contributed by atoms with E-state index in [1.165, 1.54) is 11.8 Å². The first-order chi connectivity index (χ1) is 13.1. The lowest BCUT2D eigenvalue weighted by Gasteiger charge is -2.30. The molecule has 1 fully saturated rings. The summed E-state index contributed by atoms with van der Waals surface area (Å²) < 4.78 is 5.15. The smallest absolute Gasteiger partial charge is 0.238 e. The van der Waals surface area contributed by atoms with Crippen LogP contribution in [0.1, 0.15) is 13.3 Å². The van der Waals surface area contributed by atoms with Crippen molar-refractivity contribution < 1.29 is 14.3 Å². The Morgan fingerprint density at radius 2 is 1.93 bits per heavy atom. The molecule has 0 aromatic heterocycles. The van der Waals surface area contributed by atoms with Crippen molar-refractivity contribution in [2.75, 3.05) is 19.0 Å². The Bertz CT molecular complexity index is 837. The second-order valence-electron chi connectivity index (χ2n) is 5.90. The SMILES string of the molecule is CCN1C(=O)C[C@H](C(=O)Nc2ccccc2)SC1=Nc1ccc(OC)cc1. The molecule has 1 aliphatic heterocycles. The Balaban J connectivity index is 1.79. The third-order valence-corrected chi connectivity index (χ3v) is 5.27. The number of thioether (sulfide) groups is 1. The van der Waals surface area contributed by atoms with Gasteiger partial charge < -0.3 is 10.1 Å². The monoisotopic (exact) mass is 383 g/mol. The van der Waals surface area contributed by atoms with Crippen LogP contribution in [0.3, 0.4) is 0 Å². The molecule has 0 aliphatic carbocycles. The zero-order valence-corrected chi connectivity index (χ0v) is 16.0. The average Bonchev–Trinajstić information content (AvgIpc) is 2.69. The van der Waals surface area contributed by atoms with Gasteiger partial charge in [0.2, 0.25) is 11.8 Å². The fourth-order valence-electron chi connectivity index (χ4n) is 2.66. The van der Waals surface area contributed by atoms with Gasteiger partial charge in [0.15, 0.2) is 5.17 Å². The summed E-state index contributed by atoms with van der Waals surface area (Å²) in [6.45, 7) is 2.40. The largest absolute Gasteiger partial charge is 0.497 e. The van der Waals surface area contributed by atoms with Crippen molar-refractivity contribution >= 4 is 40.1 Å². The Morgan fingerprint density at radius 3 is 2.56 bits per heavy atom. The molecule has 7 heteroatoms. The molecule has 1 aliphatic rings. The molecule has 0 spiro atoms. The topological polar surface area (TPSA) is 71.0 Å². The summed E-state index contributed by atoms with van der Waals surface area (Å²) in [5, 5.41) is 2.88. The van der Waals surface area contributed by atoms with Crippen LogP contribution in [0.4, 0.5) is 11.4 Å². The van der Waals surface area contributed by atoms with Crippen molar-refractivity contribution in [3.05, 3.63) is 54.6 Å². The summed E-state index contributed by atoms with van der Waals surface area (Å²) in [5.41, 5.74) is 1.41. The highest BCUT2D eigenvalue weighted by Gasteiger charge is 2.35. The molecule has 2 aromatic rings. The molecule has 0 radical (unpaired) electrons. The highest BCUT2D eigenvalue weighted by molar-refractivity contribution is 8.15. The zero-order chi connectivity index (χ0) is 19.2. The summed E-state index contributed by atoms with van der Waals surface area (Å²) in [7, 11) is 1.60. The molecule has 2 aromatic carbocycles. The normalized spacial score (nSPS) is 18.4. The first-order valence-corrected chi connectivity index (χ1v) is 9.54. The molecule has 1 saturated heterocycles. The Hall–Kier alpha value is -2.80. The van der Waals surface area contributed by atoms with E-state index in [1.807, 2.05) is 61.5 Å². The molecule has 1 atom stereocenters. The lowest BCUT2D eigenvalue weighted by Crippen LogP contribution is -2.45. The second-order valence-corrected chi connectivity index (χ2v) is 7.07. The molecule has 2 amide bonds. The van der Waals surface area contributed by atoms with Gasteiger partial charge in [0.05, 0.1) is 12.8 Å². The van der Waals surface area contributed by atoms with E-state index in [4.69, 9.17) is 4.74 Å². The molecule has 0 unspecified atom stereocenters. The van der Waals surface area contributed by atoms with Crippen LogP contribution in [0.25, 0.3) is 0 Å². The molecule has 6 nitrogen and oxygen atoms in total. The highest BCUT2D eigenvalue weighted by Crippen LogP contribution is 2.30. The number of hydrogen-bond donors (Lipinski definition) is 1. The maximum atomic E-state index is 12.6. The van der Waals surface area contributed by atoms with E-state index in [-0.39, 0.29) is 18.2 Å². The molecule has 140 valence electrons. The standard InChI is InChI=1S/C20H21N3O3S/c1-3-23-18(24)13-17(19(25)21-14-7-5-4-6-8-14)27-20(23)22-15-9-11-16(26-2)12-10-15/h4-12,17H,3,13H2,1-2H3,(H,21,25)/t17-/m1/s1.